The van der Waals surface area contributed by atoms with E-state index in [0.29, 0.717) is 14.6 Å². The van der Waals surface area contributed by atoms with Gasteiger partial charge in [0.15, 0.2) is 0 Å². The summed E-state index contributed by atoms with van der Waals surface area (Å²) < 4.78 is 27.1. The van der Waals surface area contributed by atoms with Gasteiger partial charge in [0.05, 0.1) is 27.7 Å². The van der Waals surface area contributed by atoms with Crippen molar-refractivity contribution in [3.63, 3.8) is 0 Å². The fourth-order valence-corrected chi connectivity index (χ4v) is 7.39. The SMILES string of the molecule is POC1c2nc(I)cn2C(COP(P)PP)C(OP(P)P)C1OPP. The van der Waals surface area contributed by atoms with Crippen LogP contribution in [-0.2, 0) is 18.1 Å². The van der Waals surface area contributed by atoms with Gasteiger partial charge >= 0.3 is 0 Å². The van der Waals surface area contributed by atoms with Crippen molar-refractivity contribution < 1.29 is 18.1 Å². The van der Waals surface area contributed by atoms with Crippen LogP contribution in [0, 0.1) is 3.70 Å². The molecule has 0 saturated heterocycles. The number of rotatable bonds is 9. The Morgan fingerprint density at radius 3 is 2.56 bits per heavy atom. The highest BCUT2D eigenvalue weighted by Crippen LogP contribution is 2.67. The Hall–Kier alpha value is 4.08. The van der Waals surface area contributed by atoms with Crippen LogP contribution in [0.5, 0.6) is 0 Å². The summed E-state index contributed by atoms with van der Waals surface area (Å²) in [5.74, 6) is 0.847. The molecular weight excluding hydrogens is 625 g/mol. The van der Waals surface area contributed by atoms with Crippen molar-refractivity contribution in [2.24, 2.45) is 0 Å². The lowest BCUT2D eigenvalue weighted by Gasteiger charge is -2.42. The molecule has 0 amide bonds. The first-order chi connectivity index (χ1) is 11.9. The number of nitrogens with zero attached hydrogens (tertiary/aromatic N) is 2. The normalized spacial score (nSPS) is 28.5. The van der Waals surface area contributed by atoms with Crippen molar-refractivity contribution in [1.29, 1.82) is 0 Å². The molecule has 17 heteroatoms. The number of imidazole rings is 1. The Morgan fingerprint density at radius 1 is 1.28 bits per heavy atom. The average molecular weight is 646 g/mol. The molecule has 0 bridgehead atoms. The topological polar surface area (TPSA) is 54.7 Å². The standard InChI is InChI=1S/C8H21IN2O4P10/c9-4-1-11-3(2-12-25(21)23-18)5(15-24(19)20)6(14-22-17)7(13-16)8(11)10-4/h1,3,5-7,22-23H,2,16-21H2. The van der Waals surface area contributed by atoms with Crippen molar-refractivity contribution in [2.45, 2.75) is 24.4 Å². The number of hydrogen-bond acceptors (Lipinski definition) is 5. The molecule has 0 radical (unpaired) electrons. The Labute approximate surface area is 181 Å². The molecule has 1 aliphatic rings. The van der Waals surface area contributed by atoms with Gasteiger partial charge in [0.2, 0.25) is 0 Å². The van der Waals surface area contributed by atoms with Crippen LogP contribution in [0.3, 0.4) is 0 Å². The summed E-state index contributed by atoms with van der Waals surface area (Å²) in [6.45, 7) is 0.544. The van der Waals surface area contributed by atoms with Crippen LogP contribution in [0.1, 0.15) is 18.0 Å². The zero-order chi connectivity index (χ0) is 18.6. The van der Waals surface area contributed by atoms with Gasteiger partial charge in [-0.25, -0.2) is 4.98 Å². The third kappa shape index (κ3) is 7.04. The van der Waals surface area contributed by atoms with Gasteiger partial charge in [-0.05, 0) is 30.5 Å². The van der Waals surface area contributed by atoms with Crippen LogP contribution >= 0.6 is 108 Å². The molecule has 25 heavy (non-hydrogen) atoms. The van der Waals surface area contributed by atoms with Gasteiger partial charge in [-0.15, -0.1) is 8.93 Å². The molecule has 13 unspecified atom stereocenters. The first-order valence-corrected chi connectivity index (χ1v) is 22.0. The lowest BCUT2D eigenvalue weighted by molar-refractivity contribution is -0.0565. The molecule has 1 aliphatic heterocycles. The van der Waals surface area contributed by atoms with E-state index in [0.717, 1.165) is 9.53 Å². The molecule has 1 aromatic rings. The molecule has 0 aliphatic carbocycles. The highest BCUT2D eigenvalue weighted by Gasteiger charge is 2.47. The predicted molar refractivity (Wildman–Crippen MR) is 142 cm³/mol. The Balaban J connectivity index is 2.41. The number of halogens is 1. The molecule has 2 rings (SSSR count). The van der Waals surface area contributed by atoms with Crippen LogP contribution in [-0.4, -0.2) is 28.4 Å². The van der Waals surface area contributed by atoms with Gasteiger partial charge in [-0.1, -0.05) is 35.7 Å². The van der Waals surface area contributed by atoms with Crippen LogP contribution < -0.4 is 0 Å². The van der Waals surface area contributed by atoms with Gasteiger partial charge in [0, 0.05) is 24.2 Å². The molecule has 2 heterocycles. The maximum atomic E-state index is 6.27. The summed E-state index contributed by atoms with van der Waals surface area (Å²) in [5, 5.41) is 0. The van der Waals surface area contributed by atoms with Crippen LogP contribution in [0.15, 0.2) is 6.20 Å². The van der Waals surface area contributed by atoms with Gasteiger partial charge < -0.3 is 22.7 Å². The van der Waals surface area contributed by atoms with E-state index in [9.17, 15) is 0 Å². The van der Waals surface area contributed by atoms with E-state index in [1.807, 2.05) is 6.20 Å². The van der Waals surface area contributed by atoms with Gasteiger partial charge in [-0.3, -0.25) is 0 Å². The Morgan fingerprint density at radius 2 is 2.00 bits per heavy atom. The quantitative estimate of drug-likeness (QED) is 0.258. The third-order valence-corrected chi connectivity index (χ3v) is 14.9. The highest BCUT2D eigenvalue weighted by atomic mass is 127. The van der Waals surface area contributed by atoms with E-state index in [-0.39, 0.29) is 32.8 Å². The summed E-state index contributed by atoms with van der Waals surface area (Å²) >= 11 is 2.22. The molecule has 144 valence electrons. The highest BCUT2D eigenvalue weighted by molar-refractivity contribution is 14.1. The lowest BCUT2D eigenvalue weighted by Crippen LogP contribution is -2.47. The van der Waals surface area contributed by atoms with Crippen molar-refractivity contribution in [1.82, 2.24) is 9.55 Å². The molecule has 0 spiro atoms. The first-order valence-electron chi connectivity index (χ1n) is 6.74. The number of hydrogen-bond donors (Lipinski definition) is 0. The predicted octanol–water partition coefficient (Wildman–Crippen LogP) is 5.61. The maximum absolute atomic E-state index is 6.27. The smallest absolute Gasteiger partial charge is 0.148 e. The average Bonchev–Trinajstić information content (AvgIpc) is 2.95. The Bertz CT molecular complexity index is 555. The summed E-state index contributed by atoms with van der Waals surface area (Å²) in [5.41, 5.74) is 0. The summed E-state index contributed by atoms with van der Waals surface area (Å²) in [6, 6.07) is -0.0215. The van der Waals surface area contributed by atoms with Crippen molar-refractivity contribution in [3.05, 3.63) is 15.7 Å². The molecular formula is C8H21IN2O4P10. The molecule has 0 saturated carbocycles. The van der Waals surface area contributed by atoms with Crippen LogP contribution in [0.2, 0.25) is 0 Å². The molecule has 0 aromatic carbocycles. The van der Waals surface area contributed by atoms with Gasteiger partial charge in [0.1, 0.15) is 27.8 Å². The van der Waals surface area contributed by atoms with E-state index in [4.69, 9.17) is 18.1 Å². The fraction of sp³-hybridized carbons (Fsp3) is 0.625. The van der Waals surface area contributed by atoms with Crippen molar-refractivity contribution in [3.8, 4) is 0 Å². The van der Waals surface area contributed by atoms with E-state index >= 15 is 0 Å². The second-order valence-corrected chi connectivity index (χ2v) is 21.7. The van der Waals surface area contributed by atoms with E-state index in [2.05, 4.69) is 86.3 Å². The second-order valence-electron chi connectivity index (χ2n) is 4.83. The molecule has 6 nitrogen and oxygen atoms in total. The monoisotopic (exact) mass is 646 g/mol. The first kappa shape index (κ1) is 25.3. The van der Waals surface area contributed by atoms with E-state index in [1.54, 1.807) is 0 Å². The van der Waals surface area contributed by atoms with Gasteiger partial charge in [0.25, 0.3) is 0 Å². The number of aromatic nitrogens is 2. The molecule has 0 N–H and O–H groups in total. The van der Waals surface area contributed by atoms with Crippen molar-refractivity contribution >= 4 is 108 Å². The zero-order valence-electron chi connectivity index (χ0n) is 12.9. The largest absolute Gasteiger partial charge is 0.352 e. The summed E-state index contributed by atoms with van der Waals surface area (Å²) in [6.07, 6.45) is 1.26. The maximum Gasteiger partial charge on any atom is 0.148 e. The summed E-state index contributed by atoms with van der Waals surface area (Å²) in [7, 11) is 15.6. The zero-order valence-corrected chi connectivity index (χ0v) is 25.7. The van der Waals surface area contributed by atoms with Crippen LogP contribution in [0.25, 0.3) is 0 Å². The fourth-order valence-electron chi connectivity index (χ4n) is 2.54. The molecule has 13 atom stereocenters. The molecule has 1 aromatic heterocycles. The van der Waals surface area contributed by atoms with E-state index in [1.165, 1.54) is 0 Å². The van der Waals surface area contributed by atoms with E-state index < -0.39 is 15.1 Å². The summed E-state index contributed by atoms with van der Waals surface area (Å²) in [4.78, 5) is 4.66. The van der Waals surface area contributed by atoms with Gasteiger partial charge in [-0.2, -0.15) is 0 Å². The second kappa shape index (κ2) is 12.8. The number of fused-ring (bicyclic) bond motifs is 1. The lowest BCUT2D eigenvalue weighted by atomic mass is 9.96. The minimum Gasteiger partial charge on any atom is -0.352 e. The Kier molecular flexibility index (Phi) is 13.0. The third-order valence-electron chi connectivity index (χ3n) is 3.45. The van der Waals surface area contributed by atoms with Crippen molar-refractivity contribution in [2.75, 3.05) is 6.61 Å². The van der Waals surface area contributed by atoms with Crippen LogP contribution in [0.4, 0.5) is 0 Å². The minimum absolute atomic E-state index is 0.0215. The minimum atomic E-state index is -0.730. The molecule has 0 fully saturated rings.